The molecule has 264 valence electrons. The molecule has 4 atom stereocenters. The zero-order valence-electron chi connectivity index (χ0n) is 28.1. The summed E-state index contributed by atoms with van der Waals surface area (Å²) in [5.41, 5.74) is 3.83. The SMILES string of the molecule is C[C@H]1NC(=O)[C@H](Cc2ccc(-c3ccccc3)cc2)NC(=O)[C@@H](Cc2cccs2)NC(=O)CCC(=O)Nc2ccc(cc2)C[C@@H](C(=O)O)CC1=O. The van der Waals surface area contributed by atoms with E-state index in [1.54, 1.807) is 24.3 Å². The van der Waals surface area contributed by atoms with E-state index < -0.39 is 59.4 Å². The van der Waals surface area contributed by atoms with Crippen LogP contribution in [0.1, 0.15) is 42.2 Å². The number of carboxylic acids is 1. The van der Waals surface area contributed by atoms with E-state index in [-0.39, 0.29) is 38.5 Å². The molecule has 3 heterocycles. The maximum Gasteiger partial charge on any atom is 0.307 e. The van der Waals surface area contributed by atoms with Gasteiger partial charge in [0.2, 0.25) is 23.6 Å². The molecule has 0 radical (unpaired) electrons. The summed E-state index contributed by atoms with van der Waals surface area (Å²) < 4.78 is 0. The molecule has 0 aliphatic carbocycles. The lowest BCUT2D eigenvalue weighted by Crippen LogP contribution is -2.56. The molecule has 3 aromatic carbocycles. The molecule has 6 rings (SSSR count). The first-order chi connectivity index (χ1) is 24.5. The average Bonchev–Trinajstić information content (AvgIpc) is 3.64. The first-order valence-corrected chi connectivity index (χ1v) is 17.6. The normalized spacial score (nSPS) is 21.1. The van der Waals surface area contributed by atoms with E-state index in [0.29, 0.717) is 11.3 Å². The van der Waals surface area contributed by atoms with Crippen molar-refractivity contribution in [3.05, 3.63) is 112 Å². The first kappa shape index (κ1) is 36.7. The fraction of sp³-hybridized carbons (Fsp3) is 0.282. The van der Waals surface area contributed by atoms with Gasteiger partial charge in [0.05, 0.1) is 12.0 Å². The van der Waals surface area contributed by atoms with Crippen LogP contribution in [0.5, 0.6) is 0 Å². The summed E-state index contributed by atoms with van der Waals surface area (Å²) in [6.45, 7) is 1.49. The van der Waals surface area contributed by atoms with Crippen LogP contribution in [0.4, 0.5) is 5.69 Å². The Morgan fingerprint density at radius 1 is 0.706 bits per heavy atom. The standard InChI is InChI=1S/C39H40N4O7S/c1-24-34(44)22-29(39(49)50)20-25-11-15-30(16-12-25)41-35(45)17-18-36(46)42-33(23-31-8-5-19-51-31)38(48)43-32(37(47)40-24)21-26-9-13-28(14-10-26)27-6-3-2-4-7-27/h2-16,19,24,29,32-33H,17-18,20-23H2,1H3,(H,40,47)(H,41,45)(H,42,46)(H,43,48)(H,49,50)/t24-,29-,32+,33-/m1/s1. The molecule has 11 nitrogen and oxygen atoms in total. The summed E-state index contributed by atoms with van der Waals surface area (Å²) in [6, 6.07) is 24.3. The molecule has 4 amide bonds. The lowest BCUT2D eigenvalue weighted by Gasteiger charge is -2.25. The zero-order valence-corrected chi connectivity index (χ0v) is 28.9. The van der Waals surface area contributed by atoms with Gasteiger partial charge in [0.15, 0.2) is 5.78 Å². The average molecular weight is 709 g/mol. The number of carbonyl (C=O) groups excluding carboxylic acids is 5. The maximum absolute atomic E-state index is 13.9. The summed E-state index contributed by atoms with van der Waals surface area (Å²) in [5.74, 6) is -4.87. The highest BCUT2D eigenvalue weighted by molar-refractivity contribution is 7.09. The number of rotatable bonds is 6. The summed E-state index contributed by atoms with van der Waals surface area (Å²) in [5, 5.41) is 22.7. The van der Waals surface area contributed by atoms with Crippen LogP contribution in [0.15, 0.2) is 96.4 Å². The summed E-state index contributed by atoms with van der Waals surface area (Å²) in [7, 11) is 0. The lowest BCUT2D eigenvalue weighted by atomic mass is 9.92. The highest BCUT2D eigenvalue weighted by Gasteiger charge is 2.31. The number of amides is 4. The number of thiophene rings is 1. The molecule has 5 N–H and O–H groups in total. The van der Waals surface area contributed by atoms with Gasteiger partial charge in [0, 0.05) is 42.7 Å². The molecular formula is C39H40N4O7S. The minimum Gasteiger partial charge on any atom is -0.481 e. The highest BCUT2D eigenvalue weighted by atomic mass is 32.1. The van der Waals surface area contributed by atoms with E-state index in [1.807, 2.05) is 72.1 Å². The fourth-order valence-electron chi connectivity index (χ4n) is 5.81. The maximum atomic E-state index is 13.9. The molecule has 2 bridgehead atoms. The summed E-state index contributed by atoms with van der Waals surface area (Å²) in [6.07, 6.45) is -0.385. The molecule has 0 unspecified atom stereocenters. The van der Waals surface area contributed by atoms with E-state index in [1.165, 1.54) is 18.3 Å². The van der Waals surface area contributed by atoms with Crippen LogP contribution in [0.2, 0.25) is 0 Å². The third-order valence-corrected chi connectivity index (χ3v) is 9.61. The topological polar surface area (TPSA) is 171 Å². The molecule has 51 heavy (non-hydrogen) atoms. The van der Waals surface area contributed by atoms with Gasteiger partial charge in [-0.25, -0.2) is 0 Å². The third kappa shape index (κ3) is 10.7. The van der Waals surface area contributed by atoms with Crippen molar-refractivity contribution in [1.82, 2.24) is 16.0 Å². The molecule has 2 aliphatic rings. The second kappa shape index (κ2) is 17.3. The number of fused-ring (bicyclic) bond motifs is 18. The first-order valence-electron chi connectivity index (χ1n) is 16.7. The number of carbonyl (C=O) groups is 6. The van der Waals surface area contributed by atoms with Gasteiger partial charge in [0.25, 0.3) is 0 Å². The minimum atomic E-state index is -1.16. The second-order valence-corrected chi connectivity index (χ2v) is 13.6. The van der Waals surface area contributed by atoms with E-state index in [4.69, 9.17) is 0 Å². The van der Waals surface area contributed by atoms with Crippen LogP contribution in [0, 0.1) is 5.92 Å². The summed E-state index contributed by atoms with van der Waals surface area (Å²) in [4.78, 5) is 79.7. The second-order valence-electron chi connectivity index (χ2n) is 12.6. The Hall–Kier alpha value is -5.62. The lowest BCUT2D eigenvalue weighted by molar-refractivity contribution is -0.144. The molecule has 0 fully saturated rings. The van der Waals surface area contributed by atoms with Crippen LogP contribution in [-0.4, -0.2) is 58.6 Å². The van der Waals surface area contributed by atoms with Crippen LogP contribution >= 0.6 is 11.3 Å². The molecule has 1 aromatic heterocycles. The monoisotopic (exact) mass is 708 g/mol. The Morgan fingerprint density at radius 3 is 2.02 bits per heavy atom. The van der Waals surface area contributed by atoms with Crippen molar-refractivity contribution in [2.24, 2.45) is 5.92 Å². The number of ketones is 1. The molecule has 2 aliphatic heterocycles. The number of aliphatic carboxylic acids is 1. The van der Waals surface area contributed by atoms with Gasteiger partial charge >= 0.3 is 5.97 Å². The Morgan fingerprint density at radius 2 is 1.35 bits per heavy atom. The molecule has 0 saturated heterocycles. The quantitative estimate of drug-likeness (QED) is 0.186. The number of hydrogen-bond donors (Lipinski definition) is 5. The van der Waals surface area contributed by atoms with Crippen LogP contribution in [0.3, 0.4) is 0 Å². The van der Waals surface area contributed by atoms with E-state index in [9.17, 15) is 33.9 Å². The van der Waals surface area contributed by atoms with Crippen molar-refractivity contribution in [2.45, 2.75) is 63.6 Å². The number of nitrogens with one attached hydrogen (secondary N) is 4. The minimum absolute atomic E-state index is 0.0550. The number of hydrogen-bond acceptors (Lipinski definition) is 7. The van der Waals surface area contributed by atoms with Crippen LogP contribution < -0.4 is 21.3 Å². The number of Topliss-reactive ketones (excluding diaryl/α,β-unsaturated/α-hetero) is 1. The van der Waals surface area contributed by atoms with Crippen molar-refractivity contribution in [1.29, 1.82) is 0 Å². The fourth-order valence-corrected chi connectivity index (χ4v) is 6.56. The van der Waals surface area contributed by atoms with E-state index >= 15 is 0 Å². The van der Waals surface area contributed by atoms with Crippen molar-refractivity contribution in [2.75, 3.05) is 5.32 Å². The van der Waals surface area contributed by atoms with Gasteiger partial charge in [-0.05, 0) is 59.2 Å². The Balaban J connectivity index is 1.42. The molecule has 0 spiro atoms. The Labute approximate surface area is 299 Å². The highest BCUT2D eigenvalue weighted by Crippen LogP contribution is 2.21. The van der Waals surface area contributed by atoms with E-state index in [0.717, 1.165) is 21.6 Å². The smallest absolute Gasteiger partial charge is 0.307 e. The van der Waals surface area contributed by atoms with Crippen LogP contribution in [0.25, 0.3) is 11.1 Å². The third-order valence-electron chi connectivity index (χ3n) is 8.71. The zero-order chi connectivity index (χ0) is 36.3. The van der Waals surface area contributed by atoms with Crippen molar-refractivity contribution in [3.63, 3.8) is 0 Å². The number of anilines is 1. The van der Waals surface area contributed by atoms with Gasteiger partial charge in [-0.15, -0.1) is 11.3 Å². The number of benzene rings is 3. The Kier molecular flexibility index (Phi) is 12.5. The number of carboxylic acid groups (broad SMARTS) is 1. The van der Waals surface area contributed by atoms with Crippen LogP contribution in [-0.2, 0) is 48.0 Å². The predicted octanol–water partition coefficient (Wildman–Crippen LogP) is 4.31. The van der Waals surface area contributed by atoms with Gasteiger partial charge < -0.3 is 26.4 Å². The van der Waals surface area contributed by atoms with E-state index in [2.05, 4.69) is 21.3 Å². The largest absolute Gasteiger partial charge is 0.481 e. The van der Waals surface area contributed by atoms with Gasteiger partial charge in [0.1, 0.15) is 12.1 Å². The van der Waals surface area contributed by atoms with Crippen molar-refractivity contribution >= 4 is 52.4 Å². The van der Waals surface area contributed by atoms with Crippen molar-refractivity contribution < 1.29 is 33.9 Å². The predicted molar refractivity (Wildman–Crippen MR) is 194 cm³/mol. The molecule has 12 heteroatoms. The van der Waals surface area contributed by atoms with Gasteiger partial charge in [-0.2, -0.15) is 0 Å². The van der Waals surface area contributed by atoms with Gasteiger partial charge in [-0.1, -0.05) is 72.8 Å². The molecule has 4 aromatic rings. The molecule has 0 saturated carbocycles. The molecular weight excluding hydrogens is 669 g/mol. The van der Waals surface area contributed by atoms with Crippen molar-refractivity contribution in [3.8, 4) is 11.1 Å². The van der Waals surface area contributed by atoms with Gasteiger partial charge in [-0.3, -0.25) is 28.8 Å². The summed E-state index contributed by atoms with van der Waals surface area (Å²) >= 11 is 1.41. The Bertz CT molecular complexity index is 1840.